The Morgan fingerprint density at radius 3 is 0.577 bits per heavy atom. The van der Waals surface area contributed by atoms with Gasteiger partial charge in [0.05, 0.1) is 0 Å². The number of aryl methyl sites for hydroxylation is 3. The van der Waals surface area contributed by atoms with Crippen LogP contribution in [0.4, 0.5) is 0 Å². The predicted octanol–water partition coefficient (Wildman–Crippen LogP) is 1.93. The second-order valence-electron chi connectivity index (χ2n) is 31.3. The number of hydrogen-bond donors (Lipinski definition) is 0. The van der Waals surface area contributed by atoms with Crippen LogP contribution in [0.3, 0.4) is 0 Å². The van der Waals surface area contributed by atoms with Gasteiger partial charge in [-0.3, -0.25) is 0 Å². The molecule has 0 aliphatic heterocycles. The van der Waals surface area contributed by atoms with Gasteiger partial charge in [0.2, 0.25) is 0 Å². The van der Waals surface area contributed by atoms with Crippen molar-refractivity contribution in [3.05, 3.63) is 57.2 Å². The normalized spacial score (nSPS) is 15.8. The van der Waals surface area contributed by atoms with Crippen LogP contribution in [0.25, 0.3) is 0 Å². The van der Waals surface area contributed by atoms with E-state index in [9.17, 15) is 0 Å². The molecule has 0 atom stereocenters. The van der Waals surface area contributed by atoms with Gasteiger partial charge in [-0.25, -0.2) is 0 Å². The van der Waals surface area contributed by atoms with Crippen molar-refractivity contribution in [3.63, 3.8) is 0 Å². The summed E-state index contributed by atoms with van der Waals surface area (Å²) in [6.07, 6.45) is 0. The summed E-state index contributed by atoms with van der Waals surface area (Å²) in [5.41, 5.74) is 11.4. The average molecular weight is 1230 g/mol. The van der Waals surface area contributed by atoms with Gasteiger partial charge >= 0.3 is 449 Å². The molecule has 14 heteroatoms. The van der Waals surface area contributed by atoms with Crippen LogP contribution < -0.4 is 99.5 Å². The van der Waals surface area contributed by atoms with Crippen LogP contribution in [0.5, 0.6) is 0 Å². The van der Waals surface area contributed by atoms with E-state index < -0.39 is 80.7 Å². The Labute approximate surface area is 481 Å². The summed E-state index contributed by atoms with van der Waals surface area (Å²) in [5, 5.41) is 22.6. The van der Waals surface area contributed by atoms with Gasteiger partial charge in [0.25, 0.3) is 0 Å². The first-order valence-electron chi connectivity index (χ1n) is 26.5. The minimum absolute atomic E-state index is 0. The van der Waals surface area contributed by atoms with Crippen molar-refractivity contribution in [2.24, 2.45) is 0 Å². The molecule has 0 radical (unpaired) electrons. The number of hydrogen-bond acceptors (Lipinski definition) is 0. The molecule has 0 spiro atoms. The van der Waals surface area contributed by atoms with E-state index in [2.05, 4.69) is 264 Å². The van der Waals surface area contributed by atoms with E-state index in [1.807, 2.05) is 62.2 Å². The first-order chi connectivity index (χ1) is 29.8. The van der Waals surface area contributed by atoms with Crippen molar-refractivity contribution in [3.8, 4) is 0 Å². The maximum Gasteiger partial charge on any atom is -1.00 e. The molecule has 0 fully saturated rings. The maximum absolute atomic E-state index is 3.49. The molecule has 0 amide bonds. The Morgan fingerprint density at radius 2 is 0.437 bits per heavy atom. The van der Waals surface area contributed by atoms with Crippen LogP contribution in [-0.4, -0.2) is 80.7 Å². The largest absolute Gasteiger partial charge is 1.00 e. The van der Waals surface area contributed by atoms with Gasteiger partial charge in [-0.1, -0.05) is 0 Å². The van der Waals surface area contributed by atoms with Gasteiger partial charge in [-0.15, -0.1) is 0 Å². The second-order valence-corrected chi connectivity index (χ2v) is 82.2. The fourth-order valence-electron chi connectivity index (χ4n) is 13.5. The number of allylic oxidation sites excluding steroid dienone is 4. The summed E-state index contributed by atoms with van der Waals surface area (Å²) in [6, 6.07) is 8.76. The van der Waals surface area contributed by atoms with Gasteiger partial charge < -0.3 is 37.2 Å². The van der Waals surface area contributed by atoms with Crippen LogP contribution in [0, 0.1) is 20.8 Å². The smallest absolute Gasteiger partial charge is 1.00 e. The molecular weight excluding hydrogens is 1120 g/mol. The van der Waals surface area contributed by atoms with Crippen molar-refractivity contribution < 1.29 is 57.7 Å². The van der Waals surface area contributed by atoms with Crippen LogP contribution in [-0.2, 0) is 20.4 Å². The van der Waals surface area contributed by atoms with Gasteiger partial charge in [-0.05, 0) is 0 Å². The fourth-order valence-corrected chi connectivity index (χ4v) is 56.2. The fraction of sp³-hybridized carbons (Fsp3) is 0.614. The zero-order valence-electron chi connectivity index (χ0n) is 52.4. The van der Waals surface area contributed by atoms with Crippen molar-refractivity contribution in [1.29, 1.82) is 0 Å². The van der Waals surface area contributed by atoms with Crippen molar-refractivity contribution in [2.45, 2.75) is 229 Å². The van der Waals surface area contributed by atoms with Gasteiger partial charge in [0.1, 0.15) is 0 Å². The topological polar surface area (TPSA) is 0 Å². The van der Waals surface area contributed by atoms with E-state index in [0.29, 0.717) is 0 Å². The summed E-state index contributed by atoms with van der Waals surface area (Å²) < 4.78 is -0.209. The Morgan fingerprint density at radius 1 is 0.268 bits per heavy atom. The maximum atomic E-state index is 2.94. The molecule has 1 aliphatic rings. The number of benzene rings is 3. The van der Waals surface area contributed by atoms with Crippen molar-refractivity contribution in [2.75, 3.05) is 0 Å². The second kappa shape index (κ2) is 21.5. The quantitative estimate of drug-likeness (QED) is 0.182. The third-order valence-corrected chi connectivity index (χ3v) is 45.3. The zero-order chi connectivity index (χ0) is 53.6. The molecule has 0 saturated heterocycles. The van der Waals surface area contributed by atoms with E-state index in [4.69, 9.17) is 0 Å². The Balaban J connectivity index is 0.00000840. The molecule has 0 bridgehead atoms. The van der Waals surface area contributed by atoms with Gasteiger partial charge in [0.15, 0.2) is 0 Å². The van der Waals surface area contributed by atoms with Crippen molar-refractivity contribution >= 4 is 143 Å². The van der Waals surface area contributed by atoms with E-state index >= 15 is 0 Å². The number of rotatable bonds is 13. The minimum Gasteiger partial charge on any atom is -1.00 e. The standard InChI is InChI=1S/C57H105Si10.3ClH.Ti/c1-38-35-45(58(8,9)10)52(55(64(26,27)28)48(38)61(17,18)19)67(51-43(6)41(4)42(5)44(51)7,53-46(59(11,12)13)36-39(2)49(62(20,21)22)56(53)65(29,30)31)54-47(60(14,15)16)37-40(3)50(63(23,24)25)57(54)66(32,33)34;;;;/h35-37H,1-34H3;3*1H;/q;;;;+3/p-3. The van der Waals surface area contributed by atoms with Crippen LogP contribution >= 0.6 is 0 Å². The SMILES string of the molecule is CC1=C(C)[C]([Ti+3])([Si](c2c([Si](C)(C)C)cc(C)c([Si](C)(C)C)c2[Si](C)(C)C)(c2c([Si](C)(C)C)cc(C)c([Si](C)(C)C)c2[Si](C)(C)C)c2c([Si](C)(C)C)cc(C)c([Si](C)(C)C)c2[Si](C)(C)C)C(C)=C1C.[Cl-].[Cl-].[Cl-]. The molecule has 0 heterocycles. The third kappa shape index (κ3) is 12.2. The number of halogens is 3. The monoisotopic (exact) mass is 1220 g/mol. The Kier molecular flexibility index (Phi) is 21.2. The minimum atomic E-state index is -3.49. The Bertz CT molecular complexity index is 2330. The molecular formula is C57H105Cl3Si10Ti. The summed E-state index contributed by atoms with van der Waals surface area (Å²) in [6.45, 7) is 92.6. The van der Waals surface area contributed by atoms with E-state index in [1.54, 1.807) is 39.0 Å². The average Bonchev–Trinajstić information content (AvgIpc) is 3.23. The summed E-state index contributed by atoms with van der Waals surface area (Å²) in [7, 11) is -22.2. The first kappa shape index (κ1) is 69.9. The third-order valence-electron chi connectivity index (χ3n) is 16.0. The van der Waals surface area contributed by atoms with Crippen LogP contribution in [0.2, 0.25) is 180 Å². The summed E-state index contributed by atoms with van der Waals surface area (Å²) in [4.78, 5) is 0. The zero-order valence-corrected chi connectivity index (χ0v) is 66.2. The van der Waals surface area contributed by atoms with E-state index in [-0.39, 0.29) is 40.6 Å². The van der Waals surface area contributed by atoms with Crippen LogP contribution in [0.15, 0.2) is 40.5 Å². The summed E-state index contributed by atoms with van der Waals surface area (Å²) >= 11 is 2.94. The van der Waals surface area contributed by atoms with E-state index in [0.717, 1.165) is 0 Å². The first-order valence-corrected chi connectivity index (χ1v) is 60.8. The molecule has 0 saturated carbocycles. The molecule has 0 aromatic heterocycles. The molecule has 398 valence electrons. The van der Waals surface area contributed by atoms with E-state index in [1.165, 1.54) is 0 Å². The predicted molar refractivity (Wildman–Crippen MR) is 344 cm³/mol. The molecule has 71 heavy (non-hydrogen) atoms. The van der Waals surface area contributed by atoms with Gasteiger partial charge in [-0.2, -0.15) is 0 Å². The molecule has 1 aliphatic carbocycles. The molecule has 0 unspecified atom stereocenters. The van der Waals surface area contributed by atoms with Crippen molar-refractivity contribution in [1.82, 2.24) is 0 Å². The molecule has 4 rings (SSSR count). The summed E-state index contributed by atoms with van der Waals surface area (Å²) in [5.74, 6) is 0. The molecule has 0 N–H and O–H groups in total. The molecule has 3 aromatic carbocycles. The Hall–Kier alpha value is 0.893. The van der Waals surface area contributed by atoms with Crippen LogP contribution in [0.1, 0.15) is 44.4 Å². The van der Waals surface area contributed by atoms with Gasteiger partial charge in [0, 0.05) is 0 Å². The molecule has 0 nitrogen and oxygen atoms in total. The molecule has 3 aromatic rings.